The highest BCUT2D eigenvalue weighted by molar-refractivity contribution is 5.86. The first-order valence-corrected chi connectivity index (χ1v) is 4.69. The molecule has 0 bridgehead atoms. The van der Waals surface area contributed by atoms with Crippen molar-refractivity contribution in [3.63, 3.8) is 0 Å². The fourth-order valence-corrected chi connectivity index (χ4v) is 1.39. The number of carbonyl (C=O) groups is 1. The molecule has 17 heavy (non-hydrogen) atoms. The van der Waals surface area contributed by atoms with Gasteiger partial charge in [0.25, 0.3) is 0 Å². The quantitative estimate of drug-likeness (QED) is 0.652. The summed E-state index contributed by atoms with van der Waals surface area (Å²) in [5.41, 5.74) is 1.07. The second kappa shape index (κ2) is 3.37. The molecule has 0 saturated carbocycles. The van der Waals surface area contributed by atoms with Gasteiger partial charge in [0.2, 0.25) is 5.95 Å². The van der Waals surface area contributed by atoms with Crippen LogP contribution >= 0.6 is 0 Å². The minimum atomic E-state index is -1.04. The number of nitrogens with zero attached hydrogens (tertiary/aromatic N) is 5. The van der Waals surface area contributed by atoms with Crippen molar-refractivity contribution in [3.8, 4) is 5.95 Å². The molecule has 0 atom stereocenters. The summed E-state index contributed by atoms with van der Waals surface area (Å²) in [6, 6.07) is 0. The number of aromatic carboxylic acids is 1. The molecule has 0 aliphatic rings. The number of carboxylic acid groups (broad SMARTS) is 1. The Morgan fingerprint density at radius 3 is 2.88 bits per heavy atom. The molecule has 2 N–H and O–H groups in total. The molecule has 0 fully saturated rings. The summed E-state index contributed by atoms with van der Waals surface area (Å²) in [5, 5.41) is 12.7. The molecule has 3 aromatic heterocycles. The maximum absolute atomic E-state index is 10.7. The third-order valence-corrected chi connectivity index (χ3v) is 2.17. The smallest absolute Gasteiger partial charge is 0.338 e. The van der Waals surface area contributed by atoms with Crippen LogP contribution in [0.15, 0.2) is 24.8 Å². The van der Waals surface area contributed by atoms with Crippen LogP contribution in [0.3, 0.4) is 0 Å². The van der Waals surface area contributed by atoms with Crippen molar-refractivity contribution >= 4 is 17.3 Å². The second-order valence-electron chi connectivity index (χ2n) is 3.27. The molecule has 0 aromatic carbocycles. The molecular formula is C9H6N6O2. The average Bonchev–Trinajstić information content (AvgIpc) is 2.95. The van der Waals surface area contributed by atoms with Gasteiger partial charge in [0.1, 0.15) is 0 Å². The van der Waals surface area contributed by atoms with Crippen LogP contribution in [-0.2, 0) is 0 Å². The fourth-order valence-electron chi connectivity index (χ4n) is 1.39. The first kappa shape index (κ1) is 9.46. The van der Waals surface area contributed by atoms with Gasteiger partial charge in [0, 0.05) is 18.6 Å². The number of imidazole rings is 1. The number of nitrogens with one attached hydrogen (secondary N) is 1. The Morgan fingerprint density at radius 1 is 1.35 bits per heavy atom. The lowest BCUT2D eigenvalue weighted by Crippen LogP contribution is -1.97. The summed E-state index contributed by atoms with van der Waals surface area (Å²) < 4.78 is 1.33. The summed E-state index contributed by atoms with van der Waals surface area (Å²) in [4.78, 5) is 25.8. The number of rotatable bonds is 2. The highest BCUT2D eigenvalue weighted by Crippen LogP contribution is 2.09. The molecular weight excluding hydrogens is 224 g/mol. The third kappa shape index (κ3) is 1.51. The predicted octanol–water partition coefficient (Wildman–Crippen LogP) is 0.237. The van der Waals surface area contributed by atoms with Gasteiger partial charge in [-0.15, -0.1) is 0 Å². The van der Waals surface area contributed by atoms with Gasteiger partial charge in [0.05, 0.1) is 11.8 Å². The molecule has 0 aliphatic heterocycles. The highest BCUT2D eigenvalue weighted by Gasteiger charge is 2.10. The molecule has 8 nitrogen and oxygen atoms in total. The summed E-state index contributed by atoms with van der Waals surface area (Å²) >= 11 is 0. The van der Waals surface area contributed by atoms with Crippen LogP contribution in [0.5, 0.6) is 0 Å². The minimum Gasteiger partial charge on any atom is -0.478 e. The molecule has 3 aromatic rings. The Labute approximate surface area is 94.0 Å². The standard InChI is InChI=1S/C9H6N6O2/c16-8(17)5-3-12-15(4-5)9-13-6-7(14-9)11-2-1-10-6/h1-4H,(H,16,17)(H,10,11,13,14). The summed E-state index contributed by atoms with van der Waals surface area (Å²) in [5.74, 6) is -0.665. The first-order chi connectivity index (χ1) is 8.24. The van der Waals surface area contributed by atoms with E-state index in [-0.39, 0.29) is 5.56 Å². The second-order valence-corrected chi connectivity index (χ2v) is 3.27. The van der Waals surface area contributed by atoms with Crippen LogP contribution in [0.1, 0.15) is 10.4 Å². The number of carboxylic acids is 1. The normalized spacial score (nSPS) is 10.8. The Morgan fingerprint density at radius 2 is 2.18 bits per heavy atom. The number of H-pyrrole nitrogens is 1. The molecule has 0 saturated heterocycles. The van der Waals surface area contributed by atoms with Crippen molar-refractivity contribution in [2.45, 2.75) is 0 Å². The maximum atomic E-state index is 10.7. The van der Waals surface area contributed by atoms with Crippen LogP contribution in [0.4, 0.5) is 0 Å². The van der Waals surface area contributed by atoms with Crippen molar-refractivity contribution in [2.24, 2.45) is 0 Å². The molecule has 0 unspecified atom stereocenters. The lowest BCUT2D eigenvalue weighted by Gasteiger charge is -1.91. The summed E-state index contributed by atoms with van der Waals surface area (Å²) in [6.07, 6.45) is 5.67. The van der Waals surface area contributed by atoms with E-state index in [1.165, 1.54) is 29.5 Å². The molecule has 0 spiro atoms. The molecule has 3 rings (SSSR count). The van der Waals surface area contributed by atoms with Gasteiger partial charge in [-0.1, -0.05) is 0 Å². The Hall–Kier alpha value is -2.77. The van der Waals surface area contributed by atoms with E-state index in [9.17, 15) is 4.79 Å². The van der Waals surface area contributed by atoms with Gasteiger partial charge < -0.3 is 10.1 Å². The van der Waals surface area contributed by atoms with Gasteiger partial charge in [-0.05, 0) is 0 Å². The van der Waals surface area contributed by atoms with Crippen LogP contribution in [0.25, 0.3) is 17.2 Å². The minimum absolute atomic E-state index is 0.0892. The van der Waals surface area contributed by atoms with E-state index in [0.29, 0.717) is 17.2 Å². The van der Waals surface area contributed by atoms with E-state index in [1.54, 1.807) is 0 Å². The Balaban J connectivity index is 2.10. The number of aromatic nitrogens is 6. The summed E-state index contributed by atoms with van der Waals surface area (Å²) in [7, 11) is 0. The Bertz CT molecular complexity index is 667. The van der Waals surface area contributed by atoms with E-state index < -0.39 is 5.97 Å². The monoisotopic (exact) mass is 230 g/mol. The SMILES string of the molecule is O=C(O)c1cnn(-c2nc3nccnc3[nH]2)c1. The topological polar surface area (TPSA) is 110 Å². The number of aromatic amines is 1. The van der Waals surface area contributed by atoms with Gasteiger partial charge in [-0.25, -0.2) is 19.4 Å². The molecule has 0 amide bonds. The Kier molecular flexibility index (Phi) is 1.87. The molecule has 0 aliphatic carbocycles. The van der Waals surface area contributed by atoms with Crippen molar-refractivity contribution in [2.75, 3.05) is 0 Å². The summed E-state index contributed by atoms with van der Waals surface area (Å²) in [6.45, 7) is 0. The zero-order valence-corrected chi connectivity index (χ0v) is 8.40. The van der Waals surface area contributed by atoms with E-state index in [1.807, 2.05) is 0 Å². The van der Waals surface area contributed by atoms with Gasteiger partial charge >= 0.3 is 5.97 Å². The van der Waals surface area contributed by atoms with Crippen molar-refractivity contribution in [1.82, 2.24) is 29.7 Å². The van der Waals surface area contributed by atoms with Crippen LogP contribution in [0, 0.1) is 0 Å². The van der Waals surface area contributed by atoms with Gasteiger partial charge in [0.15, 0.2) is 11.3 Å². The first-order valence-electron chi connectivity index (χ1n) is 4.69. The lowest BCUT2D eigenvalue weighted by atomic mass is 10.4. The van der Waals surface area contributed by atoms with Crippen LogP contribution in [0.2, 0.25) is 0 Å². The van der Waals surface area contributed by atoms with Crippen molar-refractivity contribution < 1.29 is 9.90 Å². The fraction of sp³-hybridized carbons (Fsp3) is 0. The number of hydrogen-bond acceptors (Lipinski definition) is 5. The average molecular weight is 230 g/mol. The van der Waals surface area contributed by atoms with Crippen LogP contribution in [-0.4, -0.2) is 40.8 Å². The largest absolute Gasteiger partial charge is 0.478 e. The molecule has 3 heterocycles. The van der Waals surface area contributed by atoms with Crippen LogP contribution < -0.4 is 0 Å². The molecule has 84 valence electrons. The van der Waals surface area contributed by atoms with Crippen molar-refractivity contribution in [1.29, 1.82) is 0 Å². The predicted molar refractivity (Wildman–Crippen MR) is 55.8 cm³/mol. The van der Waals surface area contributed by atoms with E-state index >= 15 is 0 Å². The highest BCUT2D eigenvalue weighted by atomic mass is 16.4. The zero-order valence-electron chi connectivity index (χ0n) is 8.40. The maximum Gasteiger partial charge on any atom is 0.338 e. The van der Waals surface area contributed by atoms with E-state index in [4.69, 9.17) is 5.11 Å². The van der Waals surface area contributed by atoms with E-state index in [0.717, 1.165) is 0 Å². The van der Waals surface area contributed by atoms with Gasteiger partial charge in [-0.3, -0.25) is 0 Å². The molecule has 0 radical (unpaired) electrons. The van der Waals surface area contributed by atoms with E-state index in [2.05, 4.69) is 25.0 Å². The molecule has 8 heteroatoms. The number of fused-ring (bicyclic) bond motifs is 1. The number of hydrogen-bond donors (Lipinski definition) is 2. The third-order valence-electron chi connectivity index (χ3n) is 2.17. The lowest BCUT2D eigenvalue weighted by molar-refractivity contribution is 0.0697. The van der Waals surface area contributed by atoms with Crippen molar-refractivity contribution in [3.05, 3.63) is 30.4 Å². The zero-order chi connectivity index (χ0) is 11.8. The van der Waals surface area contributed by atoms with Gasteiger partial charge in [-0.2, -0.15) is 10.1 Å².